The molecule has 10 aromatic rings. The quantitative estimate of drug-likeness (QED) is 0.161. The van der Waals surface area contributed by atoms with Gasteiger partial charge in [-0.3, -0.25) is 0 Å². The van der Waals surface area contributed by atoms with Gasteiger partial charge < -0.3 is 0 Å². The maximum atomic E-state index is 2.45. The van der Waals surface area contributed by atoms with Crippen LogP contribution in [0.2, 0.25) is 0 Å². The van der Waals surface area contributed by atoms with Crippen molar-refractivity contribution in [3.63, 3.8) is 0 Å². The molecule has 0 saturated carbocycles. The predicted octanol–water partition coefficient (Wildman–Crippen LogP) is 15.2. The fraction of sp³-hybridized carbons (Fsp3) is 0.100. The van der Waals surface area contributed by atoms with E-state index in [1.807, 2.05) is 68.0 Å². The zero-order valence-electron chi connectivity index (χ0n) is 25.5. The van der Waals surface area contributed by atoms with Crippen LogP contribution in [-0.2, 0) is 0 Å². The molecule has 6 heteroatoms. The number of benzene rings is 4. The molecule has 4 aromatic carbocycles. The van der Waals surface area contributed by atoms with Gasteiger partial charge in [0.05, 0.1) is 0 Å². The van der Waals surface area contributed by atoms with Gasteiger partial charge in [-0.1, -0.05) is 24.3 Å². The maximum absolute atomic E-state index is 2.45. The van der Waals surface area contributed by atoms with Gasteiger partial charge in [-0.05, 0) is 132 Å². The first-order valence-corrected chi connectivity index (χ1v) is 20.2. The Hall–Kier alpha value is -3.36. The lowest BCUT2D eigenvalue weighted by Gasteiger charge is -2.14. The molecule has 0 atom stereocenters. The van der Waals surface area contributed by atoms with Gasteiger partial charge in [0.1, 0.15) is 0 Å². The van der Waals surface area contributed by atoms with E-state index in [0.29, 0.717) is 0 Å². The van der Waals surface area contributed by atoms with Crippen molar-refractivity contribution in [2.75, 3.05) is 0 Å². The number of fused-ring (bicyclic) bond motifs is 10. The second-order valence-electron chi connectivity index (χ2n) is 12.3. The summed E-state index contributed by atoms with van der Waals surface area (Å²) in [5, 5.41) is 11.0. The Kier molecular flexibility index (Phi) is 6.07. The van der Waals surface area contributed by atoms with E-state index < -0.39 is 0 Å². The number of rotatable bonds is 3. The maximum Gasteiger partial charge on any atom is 0.0464 e. The standard InChI is InChI=1S/C40H26S6/c1-19-13-26-24-7-10-30-28(40(24)20(2)14-25(26)23-6-9-29-27(39(19)23)15-22(4)42-29)16-34(43-30)32-11-12-33(44-32)36-18-38-37(46-36)17-35(45-38)31-8-5-21(3)41-31/h5-18H,1-4H3. The summed E-state index contributed by atoms with van der Waals surface area (Å²) in [5.41, 5.74) is 2.71. The summed E-state index contributed by atoms with van der Waals surface area (Å²) in [6.07, 6.45) is 0. The van der Waals surface area contributed by atoms with E-state index in [0.717, 1.165) is 0 Å². The monoisotopic (exact) mass is 698 g/mol. The van der Waals surface area contributed by atoms with Crippen LogP contribution in [0.4, 0.5) is 0 Å². The largest absolute Gasteiger partial charge is 0.141 e. The molecular formula is C40H26S6. The first kappa shape index (κ1) is 27.7. The molecule has 0 bridgehead atoms. The van der Waals surface area contributed by atoms with Crippen LogP contribution in [0.25, 0.3) is 91.2 Å². The molecule has 0 unspecified atom stereocenters. The Morgan fingerprint density at radius 3 is 1.39 bits per heavy atom. The minimum absolute atomic E-state index is 1.35. The van der Waals surface area contributed by atoms with Crippen molar-refractivity contribution in [3.05, 3.63) is 106 Å². The smallest absolute Gasteiger partial charge is 0.0464 e. The zero-order valence-corrected chi connectivity index (χ0v) is 30.4. The van der Waals surface area contributed by atoms with Crippen molar-refractivity contribution in [3.8, 4) is 29.3 Å². The van der Waals surface area contributed by atoms with Crippen molar-refractivity contribution in [2.45, 2.75) is 27.7 Å². The van der Waals surface area contributed by atoms with Crippen molar-refractivity contribution in [1.29, 1.82) is 0 Å². The first-order chi connectivity index (χ1) is 22.4. The van der Waals surface area contributed by atoms with Gasteiger partial charge in [-0.2, -0.15) is 0 Å². The van der Waals surface area contributed by atoms with Crippen molar-refractivity contribution < 1.29 is 0 Å². The Bertz CT molecular complexity index is 2820. The van der Waals surface area contributed by atoms with Crippen LogP contribution in [0.15, 0.2) is 84.9 Å². The minimum atomic E-state index is 1.35. The summed E-state index contributed by atoms with van der Waals surface area (Å²) in [5.74, 6) is 0. The topological polar surface area (TPSA) is 0 Å². The van der Waals surface area contributed by atoms with E-state index in [-0.39, 0.29) is 0 Å². The van der Waals surface area contributed by atoms with Crippen LogP contribution in [0, 0.1) is 27.7 Å². The van der Waals surface area contributed by atoms with Crippen LogP contribution in [0.5, 0.6) is 0 Å². The molecule has 222 valence electrons. The summed E-state index contributed by atoms with van der Waals surface area (Å²) in [4.78, 5) is 11.0. The third kappa shape index (κ3) is 4.11. The molecule has 46 heavy (non-hydrogen) atoms. The third-order valence-electron chi connectivity index (χ3n) is 9.19. The number of hydrogen-bond acceptors (Lipinski definition) is 6. The fourth-order valence-corrected chi connectivity index (χ4v) is 13.7. The summed E-state index contributed by atoms with van der Waals surface area (Å²) in [7, 11) is 0. The average Bonchev–Trinajstić information content (AvgIpc) is 3.86. The van der Waals surface area contributed by atoms with Crippen molar-refractivity contribution in [1.82, 2.24) is 0 Å². The molecule has 6 heterocycles. The number of aryl methyl sites for hydroxylation is 4. The lowest BCUT2D eigenvalue weighted by atomic mass is 9.90. The van der Waals surface area contributed by atoms with Gasteiger partial charge in [-0.25, -0.2) is 0 Å². The van der Waals surface area contributed by atoms with Gasteiger partial charge in [0.2, 0.25) is 0 Å². The Labute approximate surface area is 290 Å². The van der Waals surface area contributed by atoms with E-state index in [1.165, 1.54) is 112 Å². The lowest BCUT2D eigenvalue weighted by Crippen LogP contribution is -1.88. The van der Waals surface area contributed by atoms with Gasteiger partial charge >= 0.3 is 0 Å². The molecule has 10 rings (SSSR count). The van der Waals surface area contributed by atoms with E-state index in [4.69, 9.17) is 0 Å². The van der Waals surface area contributed by atoms with Crippen LogP contribution in [0.3, 0.4) is 0 Å². The molecular weight excluding hydrogens is 673 g/mol. The fourth-order valence-electron chi connectivity index (χ4n) is 7.20. The zero-order chi connectivity index (χ0) is 30.8. The average molecular weight is 699 g/mol. The Balaban J connectivity index is 1.07. The van der Waals surface area contributed by atoms with E-state index in [9.17, 15) is 0 Å². The van der Waals surface area contributed by atoms with E-state index >= 15 is 0 Å². The molecule has 0 nitrogen and oxygen atoms in total. The second-order valence-corrected chi connectivity index (χ2v) is 19.2. The molecule has 0 fully saturated rings. The molecule has 0 aliphatic carbocycles. The summed E-state index contributed by atoms with van der Waals surface area (Å²) < 4.78 is 5.53. The summed E-state index contributed by atoms with van der Waals surface area (Å²) >= 11 is 11.5. The Morgan fingerprint density at radius 1 is 0.304 bits per heavy atom. The van der Waals surface area contributed by atoms with Crippen LogP contribution < -0.4 is 0 Å². The number of thiophene rings is 6. The normalized spacial score (nSPS) is 12.3. The molecule has 0 amide bonds. The molecule has 0 N–H and O–H groups in total. The predicted molar refractivity (Wildman–Crippen MR) is 214 cm³/mol. The molecule has 0 saturated heterocycles. The van der Waals surface area contributed by atoms with Crippen molar-refractivity contribution >= 4 is 130 Å². The molecule has 6 aromatic heterocycles. The van der Waals surface area contributed by atoms with E-state index in [1.54, 1.807) is 0 Å². The van der Waals surface area contributed by atoms with Gasteiger partial charge in [0.25, 0.3) is 0 Å². The first-order valence-electron chi connectivity index (χ1n) is 15.3. The van der Waals surface area contributed by atoms with Crippen LogP contribution >= 0.6 is 68.0 Å². The molecule has 0 aliphatic heterocycles. The van der Waals surface area contributed by atoms with Crippen molar-refractivity contribution in [2.24, 2.45) is 0 Å². The third-order valence-corrected chi connectivity index (χ3v) is 16.3. The molecule has 0 radical (unpaired) electrons. The highest BCUT2D eigenvalue weighted by Gasteiger charge is 2.18. The van der Waals surface area contributed by atoms with Crippen LogP contribution in [0.1, 0.15) is 20.9 Å². The highest BCUT2D eigenvalue weighted by Crippen LogP contribution is 2.48. The minimum Gasteiger partial charge on any atom is -0.141 e. The van der Waals surface area contributed by atoms with Gasteiger partial charge in [0, 0.05) is 68.6 Å². The summed E-state index contributed by atoms with van der Waals surface area (Å²) in [6.45, 7) is 8.99. The lowest BCUT2D eigenvalue weighted by molar-refractivity contribution is 1.55. The highest BCUT2D eigenvalue weighted by molar-refractivity contribution is 7.34. The van der Waals surface area contributed by atoms with Gasteiger partial charge in [0.15, 0.2) is 0 Å². The SMILES string of the molecule is Cc1ccc(-c2cc3sc(-c4ccc(-c5cc6c(ccc7c8cc(C)c9c%10cc(C)sc%10ccc9c8cc(C)c67)s5)s4)cc3s2)s1. The second kappa shape index (κ2) is 10.1. The molecule has 0 spiro atoms. The Morgan fingerprint density at radius 2 is 0.804 bits per heavy atom. The van der Waals surface area contributed by atoms with Gasteiger partial charge in [-0.15, -0.1) is 68.0 Å². The van der Waals surface area contributed by atoms with Crippen LogP contribution in [-0.4, -0.2) is 0 Å². The molecule has 0 aliphatic rings. The number of hydrogen-bond donors (Lipinski definition) is 0. The van der Waals surface area contributed by atoms with E-state index in [2.05, 4.69) is 113 Å². The summed E-state index contributed by atoms with van der Waals surface area (Å²) in [6, 6.07) is 33.0. The highest BCUT2D eigenvalue weighted by atomic mass is 32.1.